The van der Waals surface area contributed by atoms with Crippen molar-refractivity contribution >= 4 is 0 Å². The fourth-order valence-corrected chi connectivity index (χ4v) is 2.30. The summed E-state index contributed by atoms with van der Waals surface area (Å²) in [6, 6.07) is 7.73. The third kappa shape index (κ3) is 4.34. The van der Waals surface area contributed by atoms with Crippen LogP contribution in [-0.4, -0.2) is 12.2 Å². The molecule has 18 heavy (non-hydrogen) atoms. The lowest BCUT2D eigenvalue weighted by atomic mass is 9.89. The SMILES string of the molecule is CCCCCCCC(C)(O)c1ccccc1OC. The van der Waals surface area contributed by atoms with Crippen molar-refractivity contribution in [1.29, 1.82) is 0 Å². The van der Waals surface area contributed by atoms with Crippen LogP contribution >= 0.6 is 0 Å². The lowest BCUT2D eigenvalue weighted by Gasteiger charge is -2.25. The average molecular weight is 250 g/mol. The van der Waals surface area contributed by atoms with Gasteiger partial charge >= 0.3 is 0 Å². The molecule has 0 fully saturated rings. The van der Waals surface area contributed by atoms with Gasteiger partial charge in [-0.3, -0.25) is 0 Å². The van der Waals surface area contributed by atoms with Crippen molar-refractivity contribution in [3.05, 3.63) is 29.8 Å². The van der Waals surface area contributed by atoms with Crippen molar-refractivity contribution in [2.75, 3.05) is 7.11 Å². The van der Waals surface area contributed by atoms with Gasteiger partial charge in [0.25, 0.3) is 0 Å². The van der Waals surface area contributed by atoms with E-state index in [1.807, 2.05) is 31.2 Å². The van der Waals surface area contributed by atoms with E-state index in [-0.39, 0.29) is 0 Å². The van der Waals surface area contributed by atoms with Gasteiger partial charge in [0.1, 0.15) is 5.75 Å². The van der Waals surface area contributed by atoms with E-state index in [4.69, 9.17) is 4.74 Å². The van der Waals surface area contributed by atoms with Crippen molar-refractivity contribution in [3.8, 4) is 5.75 Å². The minimum atomic E-state index is -0.793. The maximum atomic E-state index is 10.6. The van der Waals surface area contributed by atoms with Gasteiger partial charge in [-0.15, -0.1) is 0 Å². The van der Waals surface area contributed by atoms with Crippen molar-refractivity contribution < 1.29 is 9.84 Å². The number of para-hydroxylation sites is 1. The van der Waals surface area contributed by atoms with E-state index in [0.29, 0.717) is 0 Å². The largest absolute Gasteiger partial charge is 0.496 e. The summed E-state index contributed by atoms with van der Waals surface area (Å²) in [5.74, 6) is 0.774. The highest BCUT2D eigenvalue weighted by molar-refractivity contribution is 5.37. The molecule has 0 saturated carbocycles. The van der Waals surface area contributed by atoms with E-state index in [1.54, 1.807) is 7.11 Å². The second-order valence-corrected chi connectivity index (χ2v) is 5.14. The van der Waals surface area contributed by atoms with Crippen LogP contribution in [0.1, 0.15) is 57.9 Å². The predicted molar refractivity (Wildman–Crippen MR) is 75.9 cm³/mol. The van der Waals surface area contributed by atoms with Gasteiger partial charge in [-0.2, -0.15) is 0 Å². The van der Waals surface area contributed by atoms with E-state index in [2.05, 4.69) is 6.92 Å². The molecular weight excluding hydrogens is 224 g/mol. The summed E-state index contributed by atoms with van der Waals surface area (Å²) >= 11 is 0. The number of hydrogen-bond donors (Lipinski definition) is 1. The first kappa shape index (κ1) is 15.0. The van der Waals surface area contributed by atoms with E-state index in [9.17, 15) is 5.11 Å². The van der Waals surface area contributed by atoms with Gasteiger partial charge in [-0.05, 0) is 19.4 Å². The maximum Gasteiger partial charge on any atom is 0.124 e. The second kappa shape index (κ2) is 7.42. The smallest absolute Gasteiger partial charge is 0.124 e. The molecule has 0 aromatic heterocycles. The number of rotatable bonds is 8. The Morgan fingerprint density at radius 1 is 1.11 bits per heavy atom. The van der Waals surface area contributed by atoms with E-state index in [0.717, 1.165) is 24.2 Å². The monoisotopic (exact) mass is 250 g/mol. The highest BCUT2D eigenvalue weighted by Gasteiger charge is 2.25. The van der Waals surface area contributed by atoms with Gasteiger partial charge in [-0.25, -0.2) is 0 Å². The molecule has 0 aliphatic rings. The minimum Gasteiger partial charge on any atom is -0.496 e. The summed E-state index contributed by atoms with van der Waals surface area (Å²) in [5, 5.41) is 10.6. The summed E-state index contributed by atoms with van der Waals surface area (Å²) in [6.07, 6.45) is 6.85. The average Bonchev–Trinajstić information content (AvgIpc) is 2.38. The molecule has 1 aromatic carbocycles. The molecular formula is C16H26O2. The lowest BCUT2D eigenvalue weighted by molar-refractivity contribution is 0.0423. The molecule has 1 rings (SSSR count). The molecule has 2 nitrogen and oxygen atoms in total. The Balaban J connectivity index is 2.56. The zero-order valence-corrected chi connectivity index (χ0v) is 11.9. The molecule has 0 bridgehead atoms. The molecule has 1 aromatic rings. The Bertz CT molecular complexity index is 345. The van der Waals surface area contributed by atoms with Gasteiger partial charge in [-0.1, -0.05) is 57.2 Å². The molecule has 0 amide bonds. The van der Waals surface area contributed by atoms with Crippen LogP contribution in [0.2, 0.25) is 0 Å². The number of hydrogen-bond acceptors (Lipinski definition) is 2. The molecule has 0 spiro atoms. The van der Waals surface area contributed by atoms with E-state index < -0.39 is 5.60 Å². The molecule has 2 heteroatoms. The normalized spacial score (nSPS) is 14.2. The van der Waals surface area contributed by atoms with Crippen LogP contribution in [0.25, 0.3) is 0 Å². The van der Waals surface area contributed by atoms with Crippen LogP contribution in [0, 0.1) is 0 Å². The first-order valence-corrected chi connectivity index (χ1v) is 6.97. The summed E-state index contributed by atoms with van der Waals surface area (Å²) in [5.41, 5.74) is 0.0988. The van der Waals surface area contributed by atoms with Crippen LogP contribution in [-0.2, 0) is 5.60 Å². The molecule has 102 valence electrons. The Hall–Kier alpha value is -1.02. The zero-order valence-electron chi connectivity index (χ0n) is 11.9. The van der Waals surface area contributed by atoms with Crippen molar-refractivity contribution in [2.45, 2.75) is 58.0 Å². The Morgan fingerprint density at radius 2 is 1.78 bits per heavy atom. The molecule has 1 atom stereocenters. The number of unbranched alkanes of at least 4 members (excludes halogenated alkanes) is 4. The van der Waals surface area contributed by atoms with Gasteiger partial charge < -0.3 is 9.84 Å². The fourth-order valence-electron chi connectivity index (χ4n) is 2.30. The Labute approximate surface area is 111 Å². The van der Waals surface area contributed by atoms with Crippen LogP contribution < -0.4 is 4.74 Å². The van der Waals surface area contributed by atoms with Crippen LogP contribution in [0.5, 0.6) is 5.75 Å². The highest BCUT2D eigenvalue weighted by atomic mass is 16.5. The molecule has 0 aliphatic heterocycles. The molecule has 1 unspecified atom stereocenters. The summed E-state index contributed by atoms with van der Waals surface area (Å²) in [6.45, 7) is 4.09. The fraction of sp³-hybridized carbons (Fsp3) is 0.625. The molecule has 0 heterocycles. The van der Waals surface area contributed by atoms with Crippen LogP contribution in [0.4, 0.5) is 0 Å². The molecule has 1 N–H and O–H groups in total. The van der Waals surface area contributed by atoms with E-state index >= 15 is 0 Å². The Kier molecular flexibility index (Phi) is 6.20. The van der Waals surface area contributed by atoms with E-state index in [1.165, 1.54) is 25.7 Å². The number of aliphatic hydroxyl groups is 1. The minimum absolute atomic E-state index is 0.774. The van der Waals surface area contributed by atoms with Crippen LogP contribution in [0.15, 0.2) is 24.3 Å². The third-order valence-electron chi connectivity index (χ3n) is 3.45. The highest BCUT2D eigenvalue weighted by Crippen LogP contribution is 2.33. The van der Waals surface area contributed by atoms with Gasteiger partial charge in [0, 0.05) is 5.56 Å². The van der Waals surface area contributed by atoms with Crippen LogP contribution in [0.3, 0.4) is 0 Å². The molecule has 0 aliphatic carbocycles. The molecule has 0 radical (unpaired) electrons. The summed E-state index contributed by atoms with van der Waals surface area (Å²) < 4.78 is 5.32. The third-order valence-corrected chi connectivity index (χ3v) is 3.45. The Morgan fingerprint density at radius 3 is 2.44 bits per heavy atom. The van der Waals surface area contributed by atoms with Crippen molar-refractivity contribution in [1.82, 2.24) is 0 Å². The quantitative estimate of drug-likeness (QED) is 0.698. The topological polar surface area (TPSA) is 29.5 Å². The van der Waals surface area contributed by atoms with Gasteiger partial charge in [0.15, 0.2) is 0 Å². The lowest BCUT2D eigenvalue weighted by Crippen LogP contribution is -2.21. The van der Waals surface area contributed by atoms with Crippen molar-refractivity contribution in [2.24, 2.45) is 0 Å². The predicted octanol–water partition coefficient (Wildman–Crippen LogP) is 4.26. The number of benzene rings is 1. The van der Waals surface area contributed by atoms with Crippen molar-refractivity contribution in [3.63, 3.8) is 0 Å². The first-order valence-electron chi connectivity index (χ1n) is 6.97. The summed E-state index contributed by atoms with van der Waals surface area (Å²) in [4.78, 5) is 0. The first-order chi connectivity index (χ1) is 8.61. The van der Waals surface area contributed by atoms with Gasteiger partial charge in [0.2, 0.25) is 0 Å². The maximum absolute atomic E-state index is 10.6. The number of methoxy groups -OCH3 is 1. The molecule has 0 saturated heterocycles. The number of ether oxygens (including phenoxy) is 1. The second-order valence-electron chi connectivity index (χ2n) is 5.14. The van der Waals surface area contributed by atoms with Gasteiger partial charge in [0.05, 0.1) is 12.7 Å². The summed E-state index contributed by atoms with van der Waals surface area (Å²) in [7, 11) is 1.65. The standard InChI is InChI=1S/C16H26O2/c1-4-5-6-7-10-13-16(2,17)14-11-8-9-12-15(14)18-3/h8-9,11-12,17H,4-7,10,13H2,1-3H3. The zero-order chi connectivity index (χ0) is 13.4.